The molecule has 3 nitrogen and oxygen atoms in total. The molecular formula is C15H19FO3. The molecule has 0 atom stereocenters. The first-order valence-corrected chi connectivity index (χ1v) is 6.35. The van der Waals surface area contributed by atoms with Gasteiger partial charge in [0, 0.05) is 11.1 Å². The number of carboxylic acid groups (broad SMARTS) is 1. The van der Waals surface area contributed by atoms with Crippen LogP contribution in [0.4, 0.5) is 4.39 Å². The predicted molar refractivity (Wildman–Crippen MR) is 70.4 cm³/mol. The SMILES string of the molecule is COc1c(C(C)(C)F)ccc(C)c1C1(C(=O)O)CC1. The van der Waals surface area contributed by atoms with Gasteiger partial charge in [-0.15, -0.1) is 0 Å². The lowest BCUT2D eigenvalue weighted by atomic mass is 9.86. The molecule has 1 aliphatic carbocycles. The van der Waals surface area contributed by atoms with E-state index < -0.39 is 17.1 Å². The van der Waals surface area contributed by atoms with E-state index in [4.69, 9.17) is 4.74 Å². The third kappa shape index (κ3) is 2.09. The average Bonchev–Trinajstić information content (AvgIpc) is 3.07. The average molecular weight is 266 g/mol. The molecule has 0 unspecified atom stereocenters. The van der Waals surface area contributed by atoms with Gasteiger partial charge in [0.2, 0.25) is 0 Å². The van der Waals surface area contributed by atoms with E-state index in [0.29, 0.717) is 29.7 Å². The molecule has 1 aromatic carbocycles. The van der Waals surface area contributed by atoms with Gasteiger partial charge in [0.1, 0.15) is 11.4 Å². The van der Waals surface area contributed by atoms with E-state index in [1.54, 1.807) is 12.1 Å². The molecule has 0 aromatic heterocycles. The van der Waals surface area contributed by atoms with Crippen LogP contribution in [0.1, 0.15) is 43.4 Å². The van der Waals surface area contributed by atoms with Crippen LogP contribution in [0.5, 0.6) is 5.75 Å². The van der Waals surface area contributed by atoms with Crippen molar-refractivity contribution in [2.24, 2.45) is 0 Å². The molecule has 1 saturated carbocycles. The summed E-state index contributed by atoms with van der Waals surface area (Å²) in [6.07, 6.45) is 1.16. The Hall–Kier alpha value is -1.58. The van der Waals surface area contributed by atoms with Gasteiger partial charge < -0.3 is 9.84 Å². The van der Waals surface area contributed by atoms with Crippen molar-refractivity contribution >= 4 is 5.97 Å². The number of aryl methyl sites for hydroxylation is 1. The monoisotopic (exact) mass is 266 g/mol. The van der Waals surface area contributed by atoms with Crippen molar-refractivity contribution in [1.29, 1.82) is 0 Å². The zero-order valence-corrected chi connectivity index (χ0v) is 11.7. The molecule has 1 N–H and O–H groups in total. The normalized spacial score (nSPS) is 17.1. The number of ether oxygens (including phenoxy) is 1. The highest BCUT2D eigenvalue weighted by Crippen LogP contribution is 2.54. The molecule has 2 rings (SSSR count). The van der Waals surface area contributed by atoms with Crippen LogP contribution in [0, 0.1) is 6.92 Å². The number of hydrogen-bond donors (Lipinski definition) is 1. The Balaban J connectivity index is 2.70. The minimum Gasteiger partial charge on any atom is -0.496 e. The maximum atomic E-state index is 14.3. The van der Waals surface area contributed by atoms with E-state index in [0.717, 1.165) is 5.56 Å². The van der Waals surface area contributed by atoms with Crippen LogP contribution in [0.2, 0.25) is 0 Å². The number of carbonyl (C=O) groups is 1. The van der Waals surface area contributed by atoms with Crippen LogP contribution in [0.25, 0.3) is 0 Å². The molecule has 19 heavy (non-hydrogen) atoms. The summed E-state index contributed by atoms with van der Waals surface area (Å²) in [5, 5.41) is 9.45. The van der Waals surface area contributed by atoms with Gasteiger partial charge in [0.15, 0.2) is 0 Å². The van der Waals surface area contributed by atoms with Gasteiger partial charge in [0.25, 0.3) is 0 Å². The Morgan fingerprint density at radius 1 is 1.42 bits per heavy atom. The van der Waals surface area contributed by atoms with E-state index in [-0.39, 0.29) is 0 Å². The van der Waals surface area contributed by atoms with E-state index in [1.165, 1.54) is 21.0 Å². The topological polar surface area (TPSA) is 46.5 Å². The summed E-state index contributed by atoms with van der Waals surface area (Å²) in [5.41, 5.74) is -0.586. The maximum Gasteiger partial charge on any atom is 0.314 e. The molecule has 0 amide bonds. The fourth-order valence-electron chi connectivity index (χ4n) is 2.65. The number of benzene rings is 1. The summed E-state index contributed by atoms with van der Waals surface area (Å²) in [4.78, 5) is 11.5. The van der Waals surface area contributed by atoms with Gasteiger partial charge in [-0.2, -0.15) is 0 Å². The molecule has 1 aromatic rings. The van der Waals surface area contributed by atoms with Crippen LogP contribution < -0.4 is 4.74 Å². The summed E-state index contributed by atoms with van der Waals surface area (Å²) in [6, 6.07) is 3.45. The van der Waals surface area contributed by atoms with E-state index in [2.05, 4.69) is 0 Å². The Bertz CT molecular complexity index is 525. The minimum absolute atomic E-state index is 0.382. The fourth-order valence-corrected chi connectivity index (χ4v) is 2.65. The Kier molecular flexibility index (Phi) is 3.07. The molecule has 0 saturated heterocycles. The number of aliphatic carboxylic acids is 1. The Labute approximate surface area is 112 Å². The van der Waals surface area contributed by atoms with Crippen LogP contribution in [-0.2, 0) is 15.9 Å². The van der Waals surface area contributed by atoms with Gasteiger partial charge in [0.05, 0.1) is 12.5 Å². The summed E-state index contributed by atoms with van der Waals surface area (Å²) in [5.74, 6) is -0.477. The lowest BCUT2D eigenvalue weighted by Gasteiger charge is -2.24. The summed E-state index contributed by atoms with van der Waals surface area (Å²) in [7, 11) is 1.46. The highest BCUT2D eigenvalue weighted by molar-refractivity contribution is 5.87. The molecule has 104 valence electrons. The minimum atomic E-state index is -1.57. The van der Waals surface area contributed by atoms with E-state index in [1.807, 2.05) is 6.92 Å². The van der Waals surface area contributed by atoms with Gasteiger partial charge in [-0.3, -0.25) is 4.79 Å². The molecule has 0 heterocycles. The predicted octanol–water partition coefficient (Wildman–Crippen LogP) is 3.32. The number of methoxy groups -OCH3 is 1. The maximum absolute atomic E-state index is 14.3. The quantitative estimate of drug-likeness (QED) is 0.909. The lowest BCUT2D eigenvalue weighted by molar-refractivity contribution is -0.140. The first-order valence-electron chi connectivity index (χ1n) is 6.35. The zero-order chi connectivity index (χ0) is 14.4. The van der Waals surface area contributed by atoms with Crippen molar-refractivity contribution in [3.8, 4) is 5.75 Å². The van der Waals surface area contributed by atoms with Gasteiger partial charge in [-0.25, -0.2) is 4.39 Å². The van der Waals surface area contributed by atoms with E-state index in [9.17, 15) is 14.3 Å². The Morgan fingerprint density at radius 3 is 2.37 bits per heavy atom. The molecule has 4 heteroatoms. The summed E-state index contributed by atoms with van der Waals surface area (Å²) in [6.45, 7) is 4.74. The summed E-state index contributed by atoms with van der Waals surface area (Å²) >= 11 is 0. The van der Waals surface area contributed by atoms with Crippen molar-refractivity contribution in [3.63, 3.8) is 0 Å². The molecule has 1 fully saturated rings. The van der Waals surface area contributed by atoms with Crippen molar-refractivity contribution in [1.82, 2.24) is 0 Å². The van der Waals surface area contributed by atoms with Gasteiger partial charge in [-0.1, -0.05) is 12.1 Å². The third-order valence-electron chi connectivity index (χ3n) is 3.85. The van der Waals surface area contributed by atoms with Crippen LogP contribution in [0.3, 0.4) is 0 Å². The molecule has 0 aliphatic heterocycles. The number of halogens is 1. The smallest absolute Gasteiger partial charge is 0.314 e. The van der Waals surface area contributed by atoms with E-state index >= 15 is 0 Å². The second kappa shape index (κ2) is 4.22. The van der Waals surface area contributed by atoms with Crippen LogP contribution in [-0.4, -0.2) is 18.2 Å². The van der Waals surface area contributed by atoms with Crippen molar-refractivity contribution < 1.29 is 19.0 Å². The van der Waals surface area contributed by atoms with Gasteiger partial charge in [-0.05, 0) is 39.2 Å². The molecule has 0 radical (unpaired) electrons. The standard InChI is InChI=1S/C15H19FO3/c1-9-5-6-10(14(2,3)16)12(19-4)11(9)15(7-8-15)13(17)18/h5-6H,7-8H2,1-4H3,(H,17,18). The van der Waals surface area contributed by atoms with Crippen molar-refractivity contribution in [3.05, 3.63) is 28.8 Å². The number of alkyl halides is 1. The second-order valence-corrected chi connectivity index (χ2v) is 5.70. The number of rotatable bonds is 4. The second-order valence-electron chi connectivity index (χ2n) is 5.70. The Morgan fingerprint density at radius 2 is 2.00 bits per heavy atom. The highest BCUT2D eigenvalue weighted by atomic mass is 19.1. The molecular weight excluding hydrogens is 247 g/mol. The molecule has 1 aliphatic rings. The molecule has 0 bridgehead atoms. The third-order valence-corrected chi connectivity index (χ3v) is 3.85. The largest absolute Gasteiger partial charge is 0.496 e. The first-order chi connectivity index (χ1) is 8.74. The number of carboxylic acids is 1. The van der Waals surface area contributed by atoms with Crippen LogP contribution in [0.15, 0.2) is 12.1 Å². The number of hydrogen-bond acceptors (Lipinski definition) is 2. The van der Waals surface area contributed by atoms with Crippen LogP contribution >= 0.6 is 0 Å². The van der Waals surface area contributed by atoms with Gasteiger partial charge >= 0.3 is 5.97 Å². The van der Waals surface area contributed by atoms with Crippen molar-refractivity contribution in [2.45, 2.75) is 44.7 Å². The summed E-state index contributed by atoms with van der Waals surface area (Å²) < 4.78 is 19.6. The lowest BCUT2D eigenvalue weighted by Crippen LogP contribution is -2.23. The first kappa shape index (κ1) is 13.8. The highest BCUT2D eigenvalue weighted by Gasteiger charge is 2.54. The zero-order valence-electron chi connectivity index (χ0n) is 11.7. The van der Waals surface area contributed by atoms with Crippen molar-refractivity contribution in [2.75, 3.05) is 7.11 Å². The molecule has 0 spiro atoms. The fraction of sp³-hybridized carbons (Fsp3) is 0.533.